The Morgan fingerprint density at radius 3 is 2.79 bits per heavy atom. The average molecular weight is 270 g/mol. The smallest absolute Gasteiger partial charge is 0.306 e. The van der Waals surface area contributed by atoms with Crippen molar-refractivity contribution in [1.29, 1.82) is 0 Å². The van der Waals surface area contributed by atoms with E-state index in [1.165, 1.54) is 25.3 Å². The molecule has 0 spiro atoms. The summed E-state index contributed by atoms with van der Waals surface area (Å²) in [6.45, 7) is 4.39. The van der Waals surface area contributed by atoms with Crippen molar-refractivity contribution in [2.24, 2.45) is 5.92 Å². The molecule has 0 radical (unpaired) electrons. The fraction of sp³-hybridized carbons (Fsp3) is 0.500. The molecule has 1 rings (SSSR count). The largest absolute Gasteiger partial charge is 0.494 e. The van der Waals surface area contributed by atoms with Crippen molar-refractivity contribution >= 4 is 5.97 Å². The molecule has 0 aliphatic carbocycles. The Kier molecular flexibility index (Phi) is 6.12. The quantitative estimate of drug-likeness (QED) is 0.715. The summed E-state index contributed by atoms with van der Waals surface area (Å²) in [7, 11) is 1.39. The second kappa shape index (κ2) is 7.61. The summed E-state index contributed by atoms with van der Waals surface area (Å²) >= 11 is 0. The van der Waals surface area contributed by atoms with Crippen LogP contribution in [0.4, 0.5) is 4.39 Å². The Morgan fingerprint density at radius 2 is 2.16 bits per heavy atom. The van der Waals surface area contributed by atoms with E-state index in [0.717, 1.165) is 0 Å². The van der Waals surface area contributed by atoms with Gasteiger partial charge >= 0.3 is 5.97 Å². The van der Waals surface area contributed by atoms with Gasteiger partial charge in [0, 0.05) is 12.0 Å². The second-order valence-electron chi connectivity index (χ2n) is 4.22. The van der Waals surface area contributed by atoms with Crippen LogP contribution in [0.15, 0.2) is 18.2 Å². The first-order valence-corrected chi connectivity index (χ1v) is 6.18. The normalized spacial score (nSPS) is 11.8. The fourth-order valence-corrected chi connectivity index (χ4v) is 1.53. The zero-order valence-corrected chi connectivity index (χ0v) is 11.4. The molecule has 0 fully saturated rings. The number of esters is 1. The highest BCUT2D eigenvalue weighted by molar-refractivity contribution is 5.69. The van der Waals surface area contributed by atoms with Crippen LogP contribution >= 0.6 is 0 Å². The molecule has 0 amide bonds. The SMILES string of the molecule is CCOC(=O)CC(C)COc1ccc(F)c(OC)c1. The molecule has 1 unspecified atom stereocenters. The third kappa shape index (κ3) is 5.16. The molecule has 0 N–H and O–H groups in total. The van der Waals surface area contributed by atoms with Gasteiger partial charge in [0.25, 0.3) is 0 Å². The molecule has 0 saturated carbocycles. The van der Waals surface area contributed by atoms with E-state index in [4.69, 9.17) is 14.2 Å². The standard InChI is InChI=1S/C14H19FO4/c1-4-18-14(16)7-10(2)9-19-11-5-6-12(15)13(8-11)17-3/h5-6,8,10H,4,7,9H2,1-3H3. The minimum Gasteiger partial charge on any atom is -0.494 e. The van der Waals surface area contributed by atoms with Gasteiger partial charge in [0.15, 0.2) is 11.6 Å². The first-order chi connectivity index (χ1) is 9.06. The van der Waals surface area contributed by atoms with Gasteiger partial charge in [-0.2, -0.15) is 0 Å². The van der Waals surface area contributed by atoms with Gasteiger partial charge in [-0.15, -0.1) is 0 Å². The van der Waals surface area contributed by atoms with Crippen molar-refractivity contribution < 1.29 is 23.4 Å². The summed E-state index contributed by atoms with van der Waals surface area (Å²) in [4.78, 5) is 11.3. The Hall–Kier alpha value is -1.78. The Bertz CT molecular complexity index is 420. The van der Waals surface area contributed by atoms with Crippen LogP contribution < -0.4 is 9.47 Å². The van der Waals surface area contributed by atoms with E-state index in [0.29, 0.717) is 25.4 Å². The lowest BCUT2D eigenvalue weighted by molar-refractivity contribution is -0.144. The average Bonchev–Trinajstić information content (AvgIpc) is 2.38. The summed E-state index contributed by atoms with van der Waals surface area (Å²) in [6, 6.07) is 4.28. The van der Waals surface area contributed by atoms with Crippen LogP contribution in [0.3, 0.4) is 0 Å². The van der Waals surface area contributed by atoms with Crippen LogP contribution in [0.25, 0.3) is 0 Å². The second-order valence-corrected chi connectivity index (χ2v) is 4.22. The lowest BCUT2D eigenvalue weighted by Gasteiger charge is -2.13. The van der Waals surface area contributed by atoms with Crippen molar-refractivity contribution in [2.45, 2.75) is 20.3 Å². The summed E-state index contributed by atoms with van der Waals surface area (Å²) < 4.78 is 28.4. The number of hydrogen-bond donors (Lipinski definition) is 0. The number of benzene rings is 1. The molecular formula is C14H19FO4. The van der Waals surface area contributed by atoms with Crippen molar-refractivity contribution in [2.75, 3.05) is 20.3 Å². The van der Waals surface area contributed by atoms with Crippen LogP contribution in [-0.4, -0.2) is 26.3 Å². The van der Waals surface area contributed by atoms with Crippen molar-refractivity contribution in [3.63, 3.8) is 0 Å². The molecule has 0 aliphatic heterocycles. The van der Waals surface area contributed by atoms with Gasteiger partial charge in [0.2, 0.25) is 0 Å². The first-order valence-electron chi connectivity index (χ1n) is 6.18. The van der Waals surface area contributed by atoms with Crippen LogP contribution in [-0.2, 0) is 9.53 Å². The molecule has 0 aromatic heterocycles. The molecule has 0 heterocycles. The third-order valence-corrected chi connectivity index (χ3v) is 2.48. The summed E-state index contributed by atoms with van der Waals surface area (Å²) in [5, 5.41) is 0. The molecule has 0 bridgehead atoms. The third-order valence-electron chi connectivity index (χ3n) is 2.48. The number of carbonyl (C=O) groups is 1. The van der Waals surface area contributed by atoms with Gasteiger partial charge < -0.3 is 14.2 Å². The summed E-state index contributed by atoms with van der Waals surface area (Å²) in [5.74, 6) is -0.00990. The molecule has 19 heavy (non-hydrogen) atoms. The van der Waals surface area contributed by atoms with Crippen molar-refractivity contribution in [3.05, 3.63) is 24.0 Å². The number of hydrogen-bond acceptors (Lipinski definition) is 4. The molecule has 0 saturated heterocycles. The highest BCUT2D eigenvalue weighted by Crippen LogP contribution is 2.23. The minimum absolute atomic E-state index is 0.0232. The van der Waals surface area contributed by atoms with E-state index in [1.54, 1.807) is 6.92 Å². The minimum atomic E-state index is -0.436. The zero-order valence-electron chi connectivity index (χ0n) is 11.4. The lowest BCUT2D eigenvalue weighted by Crippen LogP contribution is -2.15. The molecule has 0 aliphatic rings. The predicted molar refractivity (Wildman–Crippen MR) is 68.9 cm³/mol. The van der Waals surface area contributed by atoms with Gasteiger partial charge in [-0.1, -0.05) is 6.92 Å². The van der Waals surface area contributed by atoms with Gasteiger partial charge in [0.1, 0.15) is 5.75 Å². The molecule has 1 atom stereocenters. The summed E-state index contributed by atoms with van der Waals surface area (Å²) in [5.41, 5.74) is 0. The maximum absolute atomic E-state index is 13.2. The molecule has 1 aromatic carbocycles. The number of rotatable bonds is 7. The topological polar surface area (TPSA) is 44.8 Å². The van der Waals surface area contributed by atoms with Gasteiger partial charge in [0.05, 0.1) is 26.7 Å². The van der Waals surface area contributed by atoms with E-state index >= 15 is 0 Å². The van der Waals surface area contributed by atoms with Crippen LogP contribution in [0, 0.1) is 11.7 Å². The number of ether oxygens (including phenoxy) is 3. The molecule has 106 valence electrons. The number of carbonyl (C=O) groups excluding carboxylic acids is 1. The maximum Gasteiger partial charge on any atom is 0.306 e. The van der Waals surface area contributed by atoms with Gasteiger partial charge in [-0.05, 0) is 19.1 Å². The van der Waals surface area contributed by atoms with E-state index < -0.39 is 5.82 Å². The van der Waals surface area contributed by atoms with Gasteiger partial charge in [-0.3, -0.25) is 4.79 Å². The van der Waals surface area contributed by atoms with E-state index in [9.17, 15) is 9.18 Å². The molecule has 5 heteroatoms. The number of methoxy groups -OCH3 is 1. The Balaban J connectivity index is 2.45. The lowest BCUT2D eigenvalue weighted by atomic mass is 10.1. The van der Waals surface area contributed by atoms with Crippen molar-refractivity contribution in [3.8, 4) is 11.5 Å². The number of halogens is 1. The molecule has 1 aromatic rings. The Morgan fingerprint density at radius 1 is 1.42 bits per heavy atom. The predicted octanol–water partition coefficient (Wildman–Crippen LogP) is 2.80. The highest BCUT2D eigenvalue weighted by atomic mass is 19.1. The molecule has 4 nitrogen and oxygen atoms in total. The monoisotopic (exact) mass is 270 g/mol. The zero-order chi connectivity index (χ0) is 14.3. The van der Waals surface area contributed by atoms with E-state index in [1.807, 2.05) is 6.92 Å². The first kappa shape index (κ1) is 15.3. The summed E-state index contributed by atoms with van der Waals surface area (Å²) in [6.07, 6.45) is 0.298. The van der Waals surface area contributed by atoms with Crippen LogP contribution in [0.1, 0.15) is 20.3 Å². The highest BCUT2D eigenvalue weighted by Gasteiger charge is 2.11. The van der Waals surface area contributed by atoms with Crippen LogP contribution in [0.2, 0.25) is 0 Å². The van der Waals surface area contributed by atoms with E-state index in [-0.39, 0.29) is 17.6 Å². The fourth-order valence-electron chi connectivity index (χ4n) is 1.53. The maximum atomic E-state index is 13.2. The van der Waals surface area contributed by atoms with Crippen molar-refractivity contribution in [1.82, 2.24) is 0 Å². The molecular weight excluding hydrogens is 251 g/mol. The van der Waals surface area contributed by atoms with Gasteiger partial charge in [-0.25, -0.2) is 4.39 Å². The Labute approximate surface area is 112 Å². The van der Waals surface area contributed by atoms with E-state index in [2.05, 4.69) is 0 Å². The van der Waals surface area contributed by atoms with Crippen LogP contribution in [0.5, 0.6) is 11.5 Å².